The van der Waals surface area contributed by atoms with Crippen molar-refractivity contribution < 1.29 is 9.73 Å². The molecule has 2 atom stereocenters. The number of rotatable bonds is 8. The third-order valence-corrected chi connectivity index (χ3v) is 6.58. The largest absolute Gasteiger partial charge is 0.414 e. The molecule has 3 heterocycles. The second kappa shape index (κ2) is 8.82. The zero-order valence-corrected chi connectivity index (χ0v) is 17.7. The van der Waals surface area contributed by atoms with Crippen molar-refractivity contribution in [2.45, 2.75) is 38.8 Å². The van der Waals surface area contributed by atoms with Gasteiger partial charge in [-0.1, -0.05) is 49.7 Å². The first-order valence-electron chi connectivity index (χ1n) is 9.59. The number of thiophene rings is 2. The molecule has 4 nitrogen and oxygen atoms in total. The molecule has 0 unspecified atom stereocenters. The normalized spacial score (nSPS) is 13.5. The topological polar surface area (TPSA) is 55.5 Å². The van der Waals surface area contributed by atoms with Gasteiger partial charge in [0, 0.05) is 5.56 Å². The van der Waals surface area contributed by atoms with Gasteiger partial charge in [-0.2, -0.15) is 0 Å². The summed E-state index contributed by atoms with van der Waals surface area (Å²) in [6.07, 6.45) is 2.29. The van der Waals surface area contributed by atoms with Crippen molar-refractivity contribution in [1.29, 1.82) is 0 Å². The van der Waals surface area contributed by atoms with E-state index in [1.165, 1.54) is 22.4 Å². The van der Waals surface area contributed by atoms with Gasteiger partial charge >= 0.3 is 0 Å². The maximum atomic E-state index is 5.96. The van der Waals surface area contributed by atoms with E-state index in [-0.39, 0.29) is 12.1 Å². The highest BCUT2D eigenvalue weighted by molar-refractivity contribution is 7.13. The third kappa shape index (κ3) is 4.24. The van der Waals surface area contributed by atoms with Crippen molar-refractivity contribution >= 4 is 22.7 Å². The number of aryl methyl sites for hydroxylation is 1. The van der Waals surface area contributed by atoms with E-state index in [1.807, 2.05) is 17.5 Å². The molecule has 0 aliphatic rings. The van der Waals surface area contributed by atoms with E-state index in [2.05, 4.69) is 71.1 Å². The van der Waals surface area contributed by atoms with Gasteiger partial charge in [0.15, 0.2) is 6.04 Å². The molecule has 1 aromatic carbocycles. The van der Waals surface area contributed by atoms with Crippen LogP contribution in [0.15, 0.2) is 63.7 Å². The minimum absolute atomic E-state index is 0.0589. The molecule has 0 saturated heterocycles. The SMILES string of the molecule is CCCc1ccc([C@H]([NH2+][C@@H](C)c2nnc(-c3cccs3)o2)c2cccs2)cc1. The Bertz CT molecular complexity index is 975. The number of aromatic nitrogens is 2. The number of hydrogen-bond donors (Lipinski definition) is 1. The first-order valence-corrected chi connectivity index (χ1v) is 11.3. The van der Waals surface area contributed by atoms with Crippen molar-refractivity contribution in [1.82, 2.24) is 10.2 Å². The Morgan fingerprint density at radius 1 is 1.00 bits per heavy atom. The molecule has 4 rings (SSSR count). The standard InChI is InChI=1S/C22H23N3OS2/c1-3-6-16-9-11-17(12-10-16)20(18-7-4-13-27-18)23-15(2)21-24-25-22(26-21)19-8-5-14-28-19/h4-5,7-15,20,23H,3,6H2,1-2H3/p+1/t15-,20-/m0/s1. The minimum Gasteiger partial charge on any atom is -0.414 e. The molecule has 0 radical (unpaired) electrons. The summed E-state index contributed by atoms with van der Waals surface area (Å²) in [5, 5.41) is 15.0. The summed E-state index contributed by atoms with van der Waals surface area (Å²) in [5.74, 6) is 1.26. The average Bonchev–Trinajstić information content (AvgIpc) is 3.49. The second-order valence-corrected chi connectivity index (χ2v) is 8.82. The molecule has 0 amide bonds. The van der Waals surface area contributed by atoms with E-state index in [4.69, 9.17) is 4.42 Å². The summed E-state index contributed by atoms with van der Waals surface area (Å²) < 4.78 is 5.96. The van der Waals surface area contributed by atoms with E-state index < -0.39 is 0 Å². The number of nitrogens with zero attached hydrogens (tertiary/aromatic N) is 2. The zero-order chi connectivity index (χ0) is 19.3. The van der Waals surface area contributed by atoms with Gasteiger partial charge in [-0.15, -0.1) is 32.9 Å². The van der Waals surface area contributed by atoms with Gasteiger partial charge < -0.3 is 9.73 Å². The lowest BCUT2D eigenvalue weighted by Gasteiger charge is -2.18. The summed E-state index contributed by atoms with van der Waals surface area (Å²) in [6, 6.07) is 17.6. The Hall–Kier alpha value is -2.28. The third-order valence-electron chi connectivity index (χ3n) is 4.77. The number of hydrogen-bond acceptors (Lipinski definition) is 5. The fourth-order valence-corrected chi connectivity index (χ4v) is 4.79. The summed E-state index contributed by atoms with van der Waals surface area (Å²) in [5.41, 5.74) is 2.69. The number of nitrogens with two attached hydrogens (primary N) is 1. The zero-order valence-electron chi connectivity index (χ0n) is 16.0. The Morgan fingerprint density at radius 3 is 2.46 bits per heavy atom. The van der Waals surface area contributed by atoms with E-state index in [0.29, 0.717) is 11.8 Å². The molecular formula is C22H24N3OS2+. The lowest BCUT2D eigenvalue weighted by molar-refractivity contribution is -0.725. The fraction of sp³-hybridized carbons (Fsp3) is 0.273. The van der Waals surface area contributed by atoms with Crippen molar-refractivity contribution in [2.24, 2.45) is 0 Å². The first kappa shape index (κ1) is 19.1. The predicted molar refractivity (Wildman–Crippen MR) is 115 cm³/mol. The van der Waals surface area contributed by atoms with Crippen LogP contribution >= 0.6 is 22.7 Å². The molecule has 144 valence electrons. The second-order valence-electron chi connectivity index (χ2n) is 6.89. The van der Waals surface area contributed by atoms with E-state index in [0.717, 1.165) is 11.3 Å². The van der Waals surface area contributed by atoms with Crippen LogP contribution in [0.1, 0.15) is 54.2 Å². The maximum Gasteiger partial charge on any atom is 0.274 e. The van der Waals surface area contributed by atoms with Crippen LogP contribution in [0.2, 0.25) is 0 Å². The predicted octanol–water partition coefficient (Wildman–Crippen LogP) is 5.23. The van der Waals surface area contributed by atoms with Crippen molar-refractivity contribution in [3.8, 4) is 10.8 Å². The smallest absolute Gasteiger partial charge is 0.274 e. The Labute approximate surface area is 173 Å². The van der Waals surface area contributed by atoms with Crippen LogP contribution in [0.4, 0.5) is 0 Å². The highest BCUT2D eigenvalue weighted by Gasteiger charge is 2.26. The molecule has 0 bridgehead atoms. The van der Waals surface area contributed by atoms with Gasteiger partial charge in [0.2, 0.25) is 0 Å². The molecule has 0 aliphatic heterocycles. The number of benzene rings is 1. The summed E-state index contributed by atoms with van der Waals surface area (Å²) in [6.45, 7) is 4.34. The molecule has 0 aliphatic carbocycles. The molecule has 3 aromatic heterocycles. The minimum atomic E-state index is 0.0589. The highest BCUT2D eigenvalue weighted by atomic mass is 32.1. The van der Waals surface area contributed by atoms with Crippen LogP contribution in [-0.4, -0.2) is 10.2 Å². The van der Waals surface area contributed by atoms with Crippen LogP contribution in [0.25, 0.3) is 10.8 Å². The van der Waals surface area contributed by atoms with Gasteiger partial charge in [-0.3, -0.25) is 0 Å². The molecule has 4 aromatic rings. The Balaban J connectivity index is 1.56. The van der Waals surface area contributed by atoms with Crippen LogP contribution in [-0.2, 0) is 6.42 Å². The summed E-state index contributed by atoms with van der Waals surface area (Å²) in [7, 11) is 0. The van der Waals surface area contributed by atoms with Gasteiger partial charge in [-0.25, -0.2) is 0 Å². The van der Waals surface area contributed by atoms with E-state index in [9.17, 15) is 0 Å². The number of quaternary nitrogens is 1. The fourth-order valence-electron chi connectivity index (χ4n) is 3.31. The molecule has 0 fully saturated rings. The quantitative estimate of drug-likeness (QED) is 0.433. The molecule has 6 heteroatoms. The van der Waals surface area contributed by atoms with Crippen molar-refractivity contribution in [2.75, 3.05) is 0 Å². The summed E-state index contributed by atoms with van der Waals surface area (Å²) >= 11 is 3.39. The van der Waals surface area contributed by atoms with E-state index in [1.54, 1.807) is 22.7 Å². The molecule has 2 N–H and O–H groups in total. The van der Waals surface area contributed by atoms with E-state index >= 15 is 0 Å². The van der Waals surface area contributed by atoms with Crippen LogP contribution in [0.3, 0.4) is 0 Å². The molecular weight excluding hydrogens is 386 g/mol. The lowest BCUT2D eigenvalue weighted by Crippen LogP contribution is -2.85. The Morgan fingerprint density at radius 2 is 1.79 bits per heavy atom. The van der Waals surface area contributed by atoms with Gasteiger partial charge in [-0.05, 0) is 41.8 Å². The first-order chi connectivity index (χ1) is 13.7. The van der Waals surface area contributed by atoms with Gasteiger partial charge in [0.1, 0.15) is 6.04 Å². The molecule has 0 saturated carbocycles. The van der Waals surface area contributed by atoms with Gasteiger partial charge in [0.25, 0.3) is 11.8 Å². The van der Waals surface area contributed by atoms with Crippen LogP contribution < -0.4 is 5.32 Å². The van der Waals surface area contributed by atoms with Crippen LogP contribution in [0.5, 0.6) is 0 Å². The average molecular weight is 411 g/mol. The van der Waals surface area contributed by atoms with Gasteiger partial charge in [0.05, 0.1) is 9.75 Å². The monoisotopic (exact) mass is 410 g/mol. The van der Waals surface area contributed by atoms with Crippen molar-refractivity contribution in [3.63, 3.8) is 0 Å². The lowest BCUT2D eigenvalue weighted by atomic mass is 10.0. The highest BCUT2D eigenvalue weighted by Crippen LogP contribution is 2.26. The van der Waals surface area contributed by atoms with Crippen molar-refractivity contribution in [3.05, 3.63) is 81.2 Å². The maximum absolute atomic E-state index is 5.96. The molecule has 0 spiro atoms. The molecule has 28 heavy (non-hydrogen) atoms. The van der Waals surface area contributed by atoms with Crippen LogP contribution in [0, 0.1) is 0 Å². The Kier molecular flexibility index (Phi) is 6.00. The summed E-state index contributed by atoms with van der Waals surface area (Å²) in [4.78, 5) is 2.33.